The second-order valence-corrected chi connectivity index (χ2v) is 5.95. The Kier molecular flexibility index (Phi) is 8.52. The first-order valence-electron chi connectivity index (χ1n) is 6.32. The Morgan fingerprint density at radius 2 is 1.85 bits per heavy atom. The predicted molar refractivity (Wildman–Crippen MR) is 87.7 cm³/mol. The highest BCUT2D eigenvalue weighted by Crippen LogP contribution is 2.25. The summed E-state index contributed by atoms with van der Waals surface area (Å²) < 4.78 is 0. The number of nitrogens with two attached hydrogens (primary N) is 1. The van der Waals surface area contributed by atoms with Gasteiger partial charge in [-0.1, -0.05) is 43.1 Å². The molecule has 0 aliphatic rings. The highest BCUT2D eigenvalue weighted by atomic mass is 35.5. The van der Waals surface area contributed by atoms with E-state index in [-0.39, 0.29) is 24.4 Å². The average molecular weight is 340 g/mol. The van der Waals surface area contributed by atoms with Crippen LogP contribution in [0.5, 0.6) is 0 Å². The van der Waals surface area contributed by atoms with Crippen molar-refractivity contribution in [3.05, 3.63) is 33.8 Å². The van der Waals surface area contributed by atoms with E-state index in [1.165, 1.54) is 0 Å². The summed E-state index contributed by atoms with van der Waals surface area (Å²) in [6, 6.07) is 4.68. The van der Waals surface area contributed by atoms with E-state index >= 15 is 0 Å². The van der Waals surface area contributed by atoms with Gasteiger partial charge >= 0.3 is 0 Å². The van der Waals surface area contributed by atoms with E-state index in [9.17, 15) is 4.79 Å². The summed E-state index contributed by atoms with van der Waals surface area (Å²) >= 11 is 11.8. The highest BCUT2D eigenvalue weighted by Gasteiger charge is 2.18. The minimum Gasteiger partial charge on any atom is -0.348 e. The quantitative estimate of drug-likeness (QED) is 0.853. The number of nitrogens with one attached hydrogen (secondary N) is 1. The van der Waals surface area contributed by atoms with Crippen molar-refractivity contribution in [1.82, 2.24) is 5.32 Å². The van der Waals surface area contributed by atoms with Crippen molar-refractivity contribution in [2.24, 2.45) is 11.7 Å². The fourth-order valence-electron chi connectivity index (χ4n) is 1.80. The van der Waals surface area contributed by atoms with Crippen LogP contribution in [-0.4, -0.2) is 11.9 Å². The minimum absolute atomic E-state index is 0. The molecule has 3 nitrogen and oxygen atoms in total. The Labute approximate surface area is 136 Å². The molecule has 6 heteroatoms. The van der Waals surface area contributed by atoms with Crippen LogP contribution in [0.4, 0.5) is 0 Å². The van der Waals surface area contributed by atoms with Crippen LogP contribution in [0.2, 0.25) is 10.0 Å². The van der Waals surface area contributed by atoms with Crippen molar-refractivity contribution >= 4 is 41.5 Å². The molecule has 0 saturated heterocycles. The van der Waals surface area contributed by atoms with Gasteiger partial charge in [-0.05, 0) is 37.0 Å². The molecule has 1 aromatic rings. The molecule has 0 heterocycles. The van der Waals surface area contributed by atoms with Crippen molar-refractivity contribution in [2.45, 2.75) is 39.3 Å². The van der Waals surface area contributed by atoms with Gasteiger partial charge in [-0.2, -0.15) is 0 Å². The van der Waals surface area contributed by atoms with Crippen molar-refractivity contribution in [3.63, 3.8) is 0 Å². The van der Waals surface area contributed by atoms with Crippen LogP contribution in [0.1, 0.15) is 38.8 Å². The standard InChI is InChI=1S/C14H20Cl2N2O.ClH/c1-8(2)6-13(17)14(19)18-9(3)10-4-5-11(15)12(16)7-10;/h4-5,7-9,13H,6,17H2,1-3H3,(H,18,19);1H/t9?,13-;/m0./s1. The fourth-order valence-corrected chi connectivity index (χ4v) is 2.11. The molecule has 3 N–H and O–H groups in total. The molecule has 0 spiro atoms. The number of benzene rings is 1. The molecule has 0 radical (unpaired) electrons. The van der Waals surface area contributed by atoms with Gasteiger partial charge in [-0.3, -0.25) is 4.79 Å². The molecule has 0 aliphatic carbocycles. The van der Waals surface area contributed by atoms with Crippen molar-refractivity contribution < 1.29 is 4.79 Å². The SMILES string of the molecule is CC(C)C[C@H](N)C(=O)NC(C)c1ccc(Cl)c(Cl)c1.Cl. The van der Waals surface area contributed by atoms with Crippen LogP contribution >= 0.6 is 35.6 Å². The molecule has 1 aromatic carbocycles. The zero-order valence-corrected chi connectivity index (χ0v) is 14.1. The number of carbonyl (C=O) groups is 1. The zero-order chi connectivity index (χ0) is 14.6. The van der Waals surface area contributed by atoms with Crippen LogP contribution in [0.25, 0.3) is 0 Å². The molecule has 0 aliphatic heterocycles. The van der Waals surface area contributed by atoms with Gasteiger partial charge in [0.25, 0.3) is 0 Å². The molecule has 114 valence electrons. The first-order valence-corrected chi connectivity index (χ1v) is 7.07. The van der Waals surface area contributed by atoms with Gasteiger partial charge in [0.15, 0.2) is 0 Å². The van der Waals surface area contributed by atoms with E-state index in [1.54, 1.807) is 12.1 Å². The Bertz CT molecular complexity index is 452. The second kappa shape index (κ2) is 8.73. The summed E-state index contributed by atoms with van der Waals surface area (Å²) in [5.74, 6) is 0.244. The topological polar surface area (TPSA) is 55.1 Å². The molecule has 1 unspecified atom stereocenters. The Hall–Kier alpha value is -0.480. The lowest BCUT2D eigenvalue weighted by Crippen LogP contribution is -2.42. The van der Waals surface area contributed by atoms with Crippen LogP contribution in [0.15, 0.2) is 18.2 Å². The summed E-state index contributed by atoms with van der Waals surface area (Å²) in [6.45, 7) is 5.96. The Balaban J connectivity index is 0.00000361. The van der Waals surface area contributed by atoms with Gasteiger partial charge in [-0.25, -0.2) is 0 Å². The average Bonchev–Trinajstić information content (AvgIpc) is 2.31. The van der Waals surface area contributed by atoms with Gasteiger partial charge in [0.2, 0.25) is 5.91 Å². The summed E-state index contributed by atoms with van der Waals surface area (Å²) in [7, 11) is 0. The zero-order valence-electron chi connectivity index (χ0n) is 11.8. The molecule has 0 aromatic heterocycles. The number of hydrogen-bond acceptors (Lipinski definition) is 2. The smallest absolute Gasteiger partial charge is 0.237 e. The Morgan fingerprint density at radius 1 is 1.25 bits per heavy atom. The van der Waals surface area contributed by atoms with Crippen LogP contribution in [0, 0.1) is 5.92 Å². The predicted octanol–water partition coefficient (Wildman–Crippen LogP) is 3.97. The molecule has 1 amide bonds. The lowest BCUT2D eigenvalue weighted by atomic mass is 10.0. The van der Waals surface area contributed by atoms with E-state index in [4.69, 9.17) is 28.9 Å². The van der Waals surface area contributed by atoms with Crippen LogP contribution in [-0.2, 0) is 4.79 Å². The summed E-state index contributed by atoms with van der Waals surface area (Å²) in [4.78, 5) is 11.9. The van der Waals surface area contributed by atoms with Gasteiger partial charge in [0, 0.05) is 0 Å². The van der Waals surface area contributed by atoms with Crippen LogP contribution < -0.4 is 11.1 Å². The number of halogens is 3. The fraction of sp³-hybridized carbons (Fsp3) is 0.500. The van der Waals surface area contributed by atoms with Gasteiger partial charge < -0.3 is 11.1 Å². The third-order valence-electron chi connectivity index (χ3n) is 2.86. The second-order valence-electron chi connectivity index (χ2n) is 5.14. The van der Waals surface area contributed by atoms with Crippen LogP contribution in [0.3, 0.4) is 0 Å². The van der Waals surface area contributed by atoms with E-state index in [0.717, 1.165) is 5.56 Å². The molecular formula is C14H21Cl3N2O. The molecular weight excluding hydrogens is 319 g/mol. The number of amides is 1. The summed E-state index contributed by atoms with van der Waals surface area (Å²) in [5.41, 5.74) is 6.74. The highest BCUT2D eigenvalue weighted by molar-refractivity contribution is 6.42. The molecule has 1 rings (SSSR count). The Morgan fingerprint density at radius 3 is 2.35 bits per heavy atom. The molecule has 2 atom stereocenters. The monoisotopic (exact) mass is 338 g/mol. The lowest BCUT2D eigenvalue weighted by molar-refractivity contribution is -0.123. The van der Waals surface area contributed by atoms with Gasteiger partial charge in [0.1, 0.15) is 0 Å². The van der Waals surface area contributed by atoms with E-state index in [2.05, 4.69) is 5.32 Å². The molecule has 20 heavy (non-hydrogen) atoms. The third kappa shape index (κ3) is 5.88. The minimum atomic E-state index is -0.481. The first kappa shape index (κ1) is 19.5. The molecule has 0 saturated carbocycles. The maximum Gasteiger partial charge on any atom is 0.237 e. The van der Waals surface area contributed by atoms with Gasteiger partial charge in [0.05, 0.1) is 22.1 Å². The molecule has 0 fully saturated rings. The normalized spacial score (nSPS) is 13.6. The van der Waals surface area contributed by atoms with E-state index < -0.39 is 6.04 Å². The number of carbonyl (C=O) groups excluding carboxylic acids is 1. The van der Waals surface area contributed by atoms with Crippen molar-refractivity contribution in [3.8, 4) is 0 Å². The maximum absolute atomic E-state index is 11.9. The largest absolute Gasteiger partial charge is 0.348 e. The van der Waals surface area contributed by atoms with Crippen molar-refractivity contribution in [2.75, 3.05) is 0 Å². The number of hydrogen-bond donors (Lipinski definition) is 2. The lowest BCUT2D eigenvalue weighted by Gasteiger charge is -2.19. The third-order valence-corrected chi connectivity index (χ3v) is 3.60. The van der Waals surface area contributed by atoms with E-state index in [0.29, 0.717) is 22.4 Å². The number of rotatable bonds is 5. The van der Waals surface area contributed by atoms with E-state index in [1.807, 2.05) is 26.8 Å². The first-order chi connectivity index (χ1) is 8.81. The summed E-state index contributed by atoms with van der Waals surface area (Å²) in [6.07, 6.45) is 0.667. The van der Waals surface area contributed by atoms with Crippen molar-refractivity contribution in [1.29, 1.82) is 0 Å². The van der Waals surface area contributed by atoms with Gasteiger partial charge in [-0.15, -0.1) is 12.4 Å². The summed E-state index contributed by atoms with van der Waals surface area (Å²) in [5, 5.41) is 3.86. The molecule has 0 bridgehead atoms. The maximum atomic E-state index is 11.9.